The van der Waals surface area contributed by atoms with E-state index in [-0.39, 0.29) is 6.10 Å². The van der Waals surface area contributed by atoms with Gasteiger partial charge in [0.25, 0.3) is 0 Å². The van der Waals surface area contributed by atoms with Crippen LogP contribution in [0.4, 0.5) is 0 Å². The van der Waals surface area contributed by atoms with Gasteiger partial charge in [-0.3, -0.25) is 0 Å². The van der Waals surface area contributed by atoms with Crippen LogP contribution in [0, 0.1) is 0 Å². The average molecular weight is 161 g/mol. The highest BCUT2D eigenvalue weighted by molar-refractivity contribution is 5.29. The van der Waals surface area contributed by atoms with Gasteiger partial charge in [0.1, 0.15) is 12.6 Å². The molecule has 1 atom stereocenters. The molecule has 0 aromatic rings. The first-order valence-corrected chi connectivity index (χ1v) is 3.57. The van der Waals surface area contributed by atoms with Crippen LogP contribution in [0.25, 0.3) is 0 Å². The zero-order valence-corrected chi connectivity index (χ0v) is 6.99. The Hall–Kier alpha value is -0.610. The summed E-state index contributed by atoms with van der Waals surface area (Å²) in [6, 6.07) is 0. The predicted molar refractivity (Wildman–Crippen MR) is 38.5 cm³/mol. The Bertz CT molecular complexity index is 125. The van der Waals surface area contributed by atoms with Gasteiger partial charge >= 0.3 is 0 Å². The molecule has 4 nitrogen and oxygen atoms in total. The molecule has 1 aliphatic rings. The molecule has 1 aliphatic heterocycles. The summed E-state index contributed by atoms with van der Waals surface area (Å²) in [7, 11) is 4.30. The molecular formula is C7H15NO3. The molecule has 0 saturated carbocycles. The van der Waals surface area contributed by atoms with E-state index in [1.165, 1.54) is 0 Å². The first-order chi connectivity index (χ1) is 5.02. The standard InChI is InChI=1S/C6H14NO.CH2O2/c1-7(2)4-3-6(8)5-7;2-1-3/h6,8H,3-5H2,1-2H3;1H,(H,2,3)/q+1;/p-1. The van der Waals surface area contributed by atoms with Crippen molar-refractivity contribution in [2.24, 2.45) is 0 Å². The molecule has 0 spiro atoms. The molecule has 11 heavy (non-hydrogen) atoms. The van der Waals surface area contributed by atoms with Crippen LogP contribution in [-0.2, 0) is 4.79 Å². The summed E-state index contributed by atoms with van der Waals surface area (Å²) in [5.74, 6) is 0. The van der Waals surface area contributed by atoms with Gasteiger partial charge in [-0.05, 0) is 0 Å². The number of carboxylic acid groups (broad SMARTS) is 1. The van der Waals surface area contributed by atoms with E-state index < -0.39 is 6.47 Å². The number of carbonyl (C=O) groups excluding carboxylic acids is 1. The zero-order chi connectivity index (χ0) is 8.91. The Kier molecular flexibility index (Phi) is 4.07. The molecule has 66 valence electrons. The third kappa shape index (κ3) is 4.75. The largest absolute Gasteiger partial charge is 0.554 e. The fraction of sp³-hybridized carbons (Fsp3) is 0.857. The molecule has 1 N–H and O–H groups in total. The fourth-order valence-electron chi connectivity index (χ4n) is 1.25. The van der Waals surface area contributed by atoms with E-state index in [4.69, 9.17) is 15.0 Å². The summed E-state index contributed by atoms with van der Waals surface area (Å²) >= 11 is 0. The molecule has 1 unspecified atom stereocenters. The number of likely N-dealkylation sites (tertiary alicyclic amines) is 1. The molecule has 4 heteroatoms. The number of nitrogens with zero attached hydrogens (tertiary/aromatic N) is 1. The minimum atomic E-state index is -0.500. The van der Waals surface area contributed by atoms with Crippen molar-refractivity contribution >= 4 is 6.47 Å². The van der Waals surface area contributed by atoms with E-state index in [1.807, 2.05) is 0 Å². The number of hydrogen-bond donors (Lipinski definition) is 1. The van der Waals surface area contributed by atoms with Gasteiger partial charge < -0.3 is 19.5 Å². The summed E-state index contributed by atoms with van der Waals surface area (Å²) in [5, 5.41) is 17.3. The Morgan fingerprint density at radius 2 is 2.09 bits per heavy atom. The summed E-state index contributed by atoms with van der Waals surface area (Å²) in [5.41, 5.74) is 0. The van der Waals surface area contributed by atoms with Crippen LogP contribution in [0.15, 0.2) is 0 Å². The average Bonchev–Trinajstić information content (AvgIpc) is 2.11. The van der Waals surface area contributed by atoms with Crippen molar-refractivity contribution in [2.45, 2.75) is 12.5 Å². The maximum Gasteiger partial charge on any atom is 0.108 e. The second kappa shape index (κ2) is 4.31. The second-order valence-corrected chi connectivity index (χ2v) is 3.38. The SMILES string of the molecule is C[N+]1(C)CCC(O)C1.O=C[O-]. The Balaban J connectivity index is 0.000000292. The van der Waals surface area contributed by atoms with E-state index >= 15 is 0 Å². The molecule has 0 bridgehead atoms. The number of aliphatic hydroxyl groups is 1. The number of quaternary nitrogens is 1. The van der Waals surface area contributed by atoms with Crippen molar-refractivity contribution in [3.8, 4) is 0 Å². The van der Waals surface area contributed by atoms with Crippen LogP contribution < -0.4 is 5.11 Å². The second-order valence-electron chi connectivity index (χ2n) is 3.38. The zero-order valence-electron chi connectivity index (χ0n) is 6.99. The first kappa shape index (κ1) is 10.4. The Labute approximate surface area is 66.6 Å². The lowest BCUT2D eigenvalue weighted by atomic mass is 10.3. The Morgan fingerprint density at radius 1 is 1.64 bits per heavy atom. The molecule has 1 rings (SSSR count). The van der Waals surface area contributed by atoms with Crippen LogP contribution in [0.3, 0.4) is 0 Å². The van der Waals surface area contributed by atoms with Gasteiger partial charge in [0.15, 0.2) is 0 Å². The van der Waals surface area contributed by atoms with E-state index in [2.05, 4.69) is 14.1 Å². The van der Waals surface area contributed by atoms with Crippen molar-refractivity contribution in [3.05, 3.63) is 0 Å². The molecular weight excluding hydrogens is 146 g/mol. The summed E-state index contributed by atoms with van der Waals surface area (Å²) in [6.45, 7) is 1.56. The highest BCUT2D eigenvalue weighted by atomic mass is 16.3. The van der Waals surface area contributed by atoms with E-state index in [0.717, 1.165) is 24.0 Å². The third-order valence-electron chi connectivity index (χ3n) is 1.77. The monoisotopic (exact) mass is 161 g/mol. The smallest absolute Gasteiger partial charge is 0.108 e. The lowest BCUT2D eigenvalue weighted by molar-refractivity contribution is -0.879. The molecule has 0 aliphatic carbocycles. The van der Waals surface area contributed by atoms with Gasteiger partial charge in [0.05, 0.1) is 20.6 Å². The molecule has 1 heterocycles. The van der Waals surface area contributed by atoms with Gasteiger partial charge in [-0.1, -0.05) is 0 Å². The number of aliphatic hydroxyl groups excluding tert-OH is 1. The van der Waals surface area contributed by atoms with E-state index in [9.17, 15) is 0 Å². The van der Waals surface area contributed by atoms with Gasteiger partial charge in [-0.15, -0.1) is 0 Å². The molecule has 0 amide bonds. The van der Waals surface area contributed by atoms with Gasteiger partial charge in [0.2, 0.25) is 0 Å². The van der Waals surface area contributed by atoms with Gasteiger partial charge in [-0.25, -0.2) is 0 Å². The topological polar surface area (TPSA) is 60.4 Å². The Morgan fingerprint density at radius 3 is 2.18 bits per heavy atom. The normalized spacial score (nSPS) is 27.0. The summed E-state index contributed by atoms with van der Waals surface area (Å²) < 4.78 is 0.987. The predicted octanol–water partition coefficient (Wildman–Crippen LogP) is -1.81. The summed E-state index contributed by atoms with van der Waals surface area (Å²) in [4.78, 5) is 8.25. The molecule has 0 aromatic heterocycles. The third-order valence-corrected chi connectivity index (χ3v) is 1.77. The maximum atomic E-state index is 9.05. The molecule has 1 fully saturated rings. The highest BCUT2D eigenvalue weighted by Crippen LogP contribution is 2.12. The summed E-state index contributed by atoms with van der Waals surface area (Å²) in [6.07, 6.45) is 0.942. The van der Waals surface area contributed by atoms with Crippen molar-refractivity contribution in [2.75, 3.05) is 27.2 Å². The first-order valence-electron chi connectivity index (χ1n) is 3.57. The number of hydrogen-bond acceptors (Lipinski definition) is 3. The lowest BCUT2D eigenvalue weighted by Crippen LogP contribution is -2.37. The van der Waals surface area contributed by atoms with Crippen LogP contribution in [0.1, 0.15) is 6.42 Å². The maximum absolute atomic E-state index is 9.05. The van der Waals surface area contributed by atoms with Crippen molar-refractivity contribution in [1.82, 2.24) is 0 Å². The molecule has 0 aromatic carbocycles. The van der Waals surface area contributed by atoms with Crippen molar-refractivity contribution < 1.29 is 19.5 Å². The van der Waals surface area contributed by atoms with Crippen LogP contribution in [0.2, 0.25) is 0 Å². The van der Waals surface area contributed by atoms with Crippen LogP contribution >= 0.6 is 0 Å². The minimum Gasteiger partial charge on any atom is -0.554 e. The van der Waals surface area contributed by atoms with Crippen LogP contribution in [-0.4, -0.2) is 49.4 Å². The quantitative estimate of drug-likeness (QED) is 0.336. The van der Waals surface area contributed by atoms with Crippen LogP contribution in [0.5, 0.6) is 0 Å². The number of likely N-dealkylation sites (N-methyl/N-ethyl adjacent to an activating group) is 1. The lowest BCUT2D eigenvalue weighted by Gasteiger charge is -2.22. The molecule has 0 radical (unpaired) electrons. The number of carbonyl (C=O) groups is 1. The highest BCUT2D eigenvalue weighted by Gasteiger charge is 2.28. The van der Waals surface area contributed by atoms with E-state index in [0.29, 0.717) is 0 Å². The van der Waals surface area contributed by atoms with Crippen molar-refractivity contribution in [3.63, 3.8) is 0 Å². The van der Waals surface area contributed by atoms with E-state index in [1.54, 1.807) is 0 Å². The fourth-order valence-corrected chi connectivity index (χ4v) is 1.25. The van der Waals surface area contributed by atoms with Crippen molar-refractivity contribution in [1.29, 1.82) is 0 Å². The van der Waals surface area contributed by atoms with Gasteiger partial charge in [-0.2, -0.15) is 0 Å². The number of rotatable bonds is 0. The van der Waals surface area contributed by atoms with Gasteiger partial charge in [0, 0.05) is 12.9 Å². The minimum absolute atomic E-state index is 0.0370. The molecule has 1 saturated heterocycles.